The molecule has 3 rings (SSSR count). The second-order valence-electron chi connectivity index (χ2n) is 4.12. The van der Waals surface area contributed by atoms with Crippen molar-refractivity contribution in [3.8, 4) is 11.5 Å². The van der Waals surface area contributed by atoms with Crippen LogP contribution in [0.1, 0.15) is 17.2 Å². The van der Waals surface area contributed by atoms with Gasteiger partial charge in [0.1, 0.15) is 0 Å². The molecule has 0 unspecified atom stereocenters. The highest BCUT2D eigenvalue weighted by Crippen LogP contribution is 2.38. The van der Waals surface area contributed by atoms with Crippen LogP contribution in [0.5, 0.6) is 11.5 Å². The van der Waals surface area contributed by atoms with E-state index in [0.717, 1.165) is 29.2 Å². The molecular weight excluding hydrogens is 194 g/mol. The molecule has 15 heavy (non-hydrogen) atoms. The SMILES string of the molecule is CN1Cc2cc3c(cc2[C@H](O)C1)OCO3. The average molecular weight is 207 g/mol. The van der Waals surface area contributed by atoms with Crippen molar-refractivity contribution in [3.05, 3.63) is 23.3 Å². The van der Waals surface area contributed by atoms with E-state index >= 15 is 0 Å². The normalized spacial score (nSPS) is 24.0. The fraction of sp³-hybridized carbons (Fsp3) is 0.455. The number of likely N-dealkylation sites (N-methyl/N-ethyl adjacent to an activating group) is 1. The highest BCUT2D eigenvalue weighted by atomic mass is 16.7. The molecule has 0 aromatic heterocycles. The molecule has 1 aromatic carbocycles. The lowest BCUT2D eigenvalue weighted by Gasteiger charge is -2.29. The van der Waals surface area contributed by atoms with Crippen molar-refractivity contribution in [2.24, 2.45) is 0 Å². The molecule has 0 saturated heterocycles. The van der Waals surface area contributed by atoms with Gasteiger partial charge in [0.05, 0.1) is 6.10 Å². The van der Waals surface area contributed by atoms with E-state index in [9.17, 15) is 5.11 Å². The second kappa shape index (κ2) is 3.12. The quantitative estimate of drug-likeness (QED) is 0.686. The molecule has 1 aromatic rings. The molecule has 2 aliphatic heterocycles. The molecule has 0 saturated carbocycles. The average Bonchev–Trinajstić information content (AvgIpc) is 2.61. The van der Waals surface area contributed by atoms with E-state index < -0.39 is 6.10 Å². The summed E-state index contributed by atoms with van der Waals surface area (Å²) in [5.74, 6) is 1.54. The summed E-state index contributed by atoms with van der Waals surface area (Å²) >= 11 is 0. The fourth-order valence-electron chi connectivity index (χ4n) is 2.20. The Hall–Kier alpha value is -1.26. The molecular formula is C11H13NO3. The second-order valence-corrected chi connectivity index (χ2v) is 4.12. The lowest BCUT2D eigenvalue weighted by molar-refractivity contribution is 0.107. The van der Waals surface area contributed by atoms with Gasteiger partial charge in [0.25, 0.3) is 0 Å². The van der Waals surface area contributed by atoms with Gasteiger partial charge in [0.15, 0.2) is 11.5 Å². The summed E-state index contributed by atoms with van der Waals surface area (Å²) in [6, 6.07) is 3.87. The Balaban J connectivity index is 2.09. The van der Waals surface area contributed by atoms with Crippen LogP contribution in [-0.4, -0.2) is 30.4 Å². The Morgan fingerprint density at radius 1 is 1.33 bits per heavy atom. The van der Waals surface area contributed by atoms with E-state index in [1.54, 1.807) is 0 Å². The van der Waals surface area contributed by atoms with E-state index in [1.807, 2.05) is 19.2 Å². The first-order valence-corrected chi connectivity index (χ1v) is 5.03. The van der Waals surface area contributed by atoms with Gasteiger partial charge in [-0.3, -0.25) is 4.90 Å². The van der Waals surface area contributed by atoms with Crippen LogP contribution in [-0.2, 0) is 6.54 Å². The number of aliphatic hydroxyl groups excluding tert-OH is 1. The Kier molecular flexibility index (Phi) is 1.87. The number of β-amino-alcohol motifs (C(OH)–C–C–N with tert-alkyl or cyclic N) is 1. The van der Waals surface area contributed by atoms with Gasteiger partial charge in [-0.25, -0.2) is 0 Å². The number of ether oxygens (including phenoxy) is 2. The molecule has 0 amide bonds. The molecule has 2 aliphatic rings. The Labute approximate surface area is 88.0 Å². The predicted molar refractivity (Wildman–Crippen MR) is 53.9 cm³/mol. The molecule has 4 heteroatoms. The number of aliphatic hydroxyl groups is 1. The van der Waals surface area contributed by atoms with Gasteiger partial charge in [-0.2, -0.15) is 0 Å². The van der Waals surface area contributed by atoms with Gasteiger partial charge in [-0.1, -0.05) is 0 Å². The lowest BCUT2D eigenvalue weighted by Crippen LogP contribution is -2.30. The fourth-order valence-corrected chi connectivity index (χ4v) is 2.20. The maximum atomic E-state index is 9.92. The number of rotatable bonds is 0. The first-order chi connectivity index (χ1) is 7.24. The third-order valence-corrected chi connectivity index (χ3v) is 2.92. The largest absolute Gasteiger partial charge is 0.454 e. The number of benzene rings is 1. The molecule has 0 bridgehead atoms. The number of hydrogen-bond acceptors (Lipinski definition) is 4. The van der Waals surface area contributed by atoms with Crippen LogP contribution >= 0.6 is 0 Å². The van der Waals surface area contributed by atoms with E-state index in [-0.39, 0.29) is 6.79 Å². The van der Waals surface area contributed by atoms with Gasteiger partial charge in [0, 0.05) is 13.1 Å². The molecule has 80 valence electrons. The monoisotopic (exact) mass is 207 g/mol. The van der Waals surface area contributed by atoms with Gasteiger partial charge in [-0.05, 0) is 30.3 Å². The predicted octanol–water partition coefficient (Wildman–Crippen LogP) is 0.894. The molecule has 4 nitrogen and oxygen atoms in total. The number of fused-ring (bicyclic) bond motifs is 2. The molecule has 1 N–H and O–H groups in total. The Bertz CT molecular complexity index is 405. The minimum atomic E-state index is -0.423. The summed E-state index contributed by atoms with van der Waals surface area (Å²) in [7, 11) is 2.00. The van der Waals surface area contributed by atoms with Crippen molar-refractivity contribution < 1.29 is 14.6 Å². The molecule has 1 atom stereocenters. The van der Waals surface area contributed by atoms with Crippen molar-refractivity contribution in [2.45, 2.75) is 12.6 Å². The number of nitrogens with zero attached hydrogens (tertiary/aromatic N) is 1. The van der Waals surface area contributed by atoms with Crippen LogP contribution in [0.25, 0.3) is 0 Å². The molecule has 2 heterocycles. The lowest BCUT2D eigenvalue weighted by atomic mass is 9.97. The van der Waals surface area contributed by atoms with Crippen molar-refractivity contribution in [3.63, 3.8) is 0 Å². The first-order valence-electron chi connectivity index (χ1n) is 5.03. The summed E-state index contributed by atoms with van der Waals surface area (Å²) in [5.41, 5.74) is 2.10. The van der Waals surface area contributed by atoms with Crippen LogP contribution < -0.4 is 9.47 Å². The van der Waals surface area contributed by atoms with Crippen molar-refractivity contribution >= 4 is 0 Å². The molecule has 0 radical (unpaired) electrons. The standard InChI is InChI=1S/C11H13NO3/c1-12-4-7-2-10-11(15-6-14-10)3-8(7)9(13)5-12/h2-3,9,13H,4-6H2,1H3/t9-/m1/s1. The maximum Gasteiger partial charge on any atom is 0.231 e. The van der Waals surface area contributed by atoms with Crippen LogP contribution in [0, 0.1) is 0 Å². The van der Waals surface area contributed by atoms with Gasteiger partial charge >= 0.3 is 0 Å². The Morgan fingerprint density at radius 3 is 2.87 bits per heavy atom. The minimum Gasteiger partial charge on any atom is -0.454 e. The highest BCUT2D eigenvalue weighted by Gasteiger charge is 2.25. The molecule has 0 spiro atoms. The Morgan fingerprint density at radius 2 is 2.07 bits per heavy atom. The molecule has 0 aliphatic carbocycles. The van der Waals surface area contributed by atoms with Crippen molar-refractivity contribution in [1.29, 1.82) is 0 Å². The summed E-state index contributed by atoms with van der Waals surface area (Å²) < 4.78 is 10.6. The van der Waals surface area contributed by atoms with E-state index in [0.29, 0.717) is 6.54 Å². The minimum absolute atomic E-state index is 0.282. The third-order valence-electron chi connectivity index (χ3n) is 2.92. The summed E-state index contributed by atoms with van der Waals surface area (Å²) in [5, 5.41) is 9.92. The van der Waals surface area contributed by atoms with Crippen LogP contribution in [0.2, 0.25) is 0 Å². The van der Waals surface area contributed by atoms with Gasteiger partial charge in [-0.15, -0.1) is 0 Å². The highest BCUT2D eigenvalue weighted by molar-refractivity contribution is 5.50. The van der Waals surface area contributed by atoms with E-state index in [4.69, 9.17) is 9.47 Å². The zero-order valence-corrected chi connectivity index (χ0v) is 8.56. The van der Waals surface area contributed by atoms with Gasteiger partial charge in [0.2, 0.25) is 6.79 Å². The van der Waals surface area contributed by atoms with Crippen molar-refractivity contribution in [2.75, 3.05) is 20.4 Å². The van der Waals surface area contributed by atoms with Crippen molar-refractivity contribution in [1.82, 2.24) is 4.90 Å². The summed E-state index contributed by atoms with van der Waals surface area (Å²) in [4.78, 5) is 2.09. The molecule has 0 fully saturated rings. The first kappa shape index (κ1) is 9.00. The summed E-state index contributed by atoms with van der Waals surface area (Å²) in [6.07, 6.45) is -0.423. The number of hydrogen-bond donors (Lipinski definition) is 1. The zero-order chi connectivity index (χ0) is 10.4. The summed E-state index contributed by atoms with van der Waals surface area (Å²) in [6.45, 7) is 1.81. The van der Waals surface area contributed by atoms with E-state index in [1.165, 1.54) is 0 Å². The van der Waals surface area contributed by atoms with Crippen LogP contribution in [0.3, 0.4) is 0 Å². The van der Waals surface area contributed by atoms with E-state index in [2.05, 4.69) is 4.90 Å². The maximum absolute atomic E-state index is 9.92. The van der Waals surface area contributed by atoms with Crippen LogP contribution in [0.4, 0.5) is 0 Å². The smallest absolute Gasteiger partial charge is 0.231 e. The third kappa shape index (κ3) is 1.37. The van der Waals surface area contributed by atoms with Gasteiger partial charge < -0.3 is 14.6 Å². The zero-order valence-electron chi connectivity index (χ0n) is 8.56. The van der Waals surface area contributed by atoms with Crippen LogP contribution in [0.15, 0.2) is 12.1 Å². The topological polar surface area (TPSA) is 41.9 Å².